The van der Waals surface area contributed by atoms with Crippen LogP contribution in [0.5, 0.6) is 0 Å². The summed E-state index contributed by atoms with van der Waals surface area (Å²) in [5, 5.41) is 18.9. The van der Waals surface area contributed by atoms with Crippen LogP contribution in [0.25, 0.3) is 0 Å². The minimum Gasteiger partial charge on any atom is -0.368 e. The Morgan fingerprint density at radius 2 is 1.72 bits per heavy atom. The fraction of sp³-hybridized carbons (Fsp3) is 0.312. The fourth-order valence-corrected chi connectivity index (χ4v) is 2.76. The number of anilines is 2. The fourth-order valence-electron chi connectivity index (χ4n) is 2.25. The molecule has 0 bridgehead atoms. The van der Waals surface area contributed by atoms with Crippen molar-refractivity contribution in [2.75, 3.05) is 17.2 Å². The van der Waals surface area contributed by atoms with Gasteiger partial charge in [-0.25, -0.2) is 13.6 Å². The van der Waals surface area contributed by atoms with E-state index in [0.717, 1.165) is 18.4 Å². The molecule has 1 aromatic carbocycles. The van der Waals surface area contributed by atoms with Crippen molar-refractivity contribution in [2.24, 2.45) is 11.1 Å². The molecule has 0 aliphatic heterocycles. The highest BCUT2D eigenvalue weighted by molar-refractivity contribution is 7.89. The van der Waals surface area contributed by atoms with Crippen molar-refractivity contribution in [1.29, 1.82) is 0 Å². The first kappa shape index (κ1) is 17.3. The molecule has 3 rings (SSSR count). The second-order valence-electron chi connectivity index (χ2n) is 5.93. The van der Waals surface area contributed by atoms with E-state index in [9.17, 15) is 13.2 Å². The van der Waals surface area contributed by atoms with E-state index in [2.05, 4.69) is 20.8 Å². The number of sulfonamides is 1. The second-order valence-corrected chi connectivity index (χ2v) is 7.49. The Kier molecular flexibility index (Phi) is 4.95. The number of amides is 1. The molecule has 0 radical (unpaired) electrons. The van der Waals surface area contributed by atoms with Crippen LogP contribution in [0, 0.1) is 5.92 Å². The molecule has 1 aliphatic rings. The Morgan fingerprint density at radius 1 is 1.08 bits per heavy atom. The molecule has 1 saturated carbocycles. The van der Waals surface area contributed by atoms with Gasteiger partial charge in [-0.2, -0.15) is 0 Å². The summed E-state index contributed by atoms with van der Waals surface area (Å²) in [6.07, 6.45) is 2.57. The number of benzene rings is 1. The lowest BCUT2D eigenvalue weighted by atomic mass is 10.1. The van der Waals surface area contributed by atoms with Crippen molar-refractivity contribution in [3.63, 3.8) is 0 Å². The first-order valence-electron chi connectivity index (χ1n) is 7.92. The molecule has 1 aromatic heterocycles. The first-order valence-corrected chi connectivity index (χ1v) is 9.47. The highest BCUT2D eigenvalue weighted by Crippen LogP contribution is 2.29. The zero-order valence-corrected chi connectivity index (χ0v) is 14.3. The molecule has 1 heterocycles. The van der Waals surface area contributed by atoms with Crippen LogP contribution in [-0.4, -0.2) is 31.1 Å². The molecule has 132 valence electrons. The van der Waals surface area contributed by atoms with E-state index in [1.807, 2.05) is 0 Å². The van der Waals surface area contributed by atoms with Crippen LogP contribution in [0.15, 0.2) is 41.3 Å². The van der Waals surface area contributed by atoms with E-state index in [0.29, 0.717) is 24.6 Å². The maximum atomic E-state index is 11.6. The minimum absolute atomic E-state index is 0.00190. The predicted octanol–water partition coefficient (Wildman–Crippen LogP) is 1.13. The summed E-state index contributed by atoms with van der Waals surface area (Å²) in [6.45, 7) is 0.608. The maximum Gasteiger partial charge on any atom is 0.238 e. The number of carbonyl (C=O) groups excluding carboxylic acids is 1. The Balaban J connectivity index is 1.47. The number of hydrogen-bond acceptors (Lipinski definition) is 6. The molecule has 25 heavy (non-hydrogen) atoms. The number of hydrogen-bond donors (Lipinski definition) is 3. The van der Waals surface area contributed by atoms with Gasteiger partial charge in [0.1, 0.15) is 5.82 Å². The molecule has 9 heteroatoms. The highest BCUT2D eigenvalue weighted by Gasteiger charge is 2.29. The van der Waals surface area contributed by atoms with Gasteiger partial charge >= 0.3 is 0 Å². The van der Waals surface area contributed by atoms with Crippen molar-refractivity contribution >= 4 is 27.6 Å². The summed E-state index contributed by atoms with van der Waals surface area (Å²) in [5.74, 6) is 1.17. The van der Waals surface area contributed by atoms with Crippen molar-refractivity contribution in [3.8, 4) is 0 Å². The molecule has 4 N–H and O–H groups in total. The van der Waals surface area contributed by atoms with E-state index in [4.69, 9.17) is 5.14 Å². The van der Waals surface area contributed by atoms with Crippen molar-refractivity contribution < 1.29 is 13.2 Å². The van der Waals surface area contributed by atoms with Crippen LogP contribution in [-0.2, 0) is 21.2 Å². The predicted molar refractivity (Wildman–Crippen MR) is 93.4 cm³/mol. The summed E-state index contributed by atoms with van der Waals surface area (Å²) in [5.41, 5.74) is 0.973. The van der Waals surface area contributed by atoms with Crippen LogP contribution in [0.4, 0.5) is 11.6 Å². The van der Waals surface area contributed by atoms with Gasteiger partial charge in [-0.15, -0.1) is 10.2 Å². The Hall–Kier alpha value is -2.52. The summed E-state index contributed by atoms with van der Waals surface area (Å²) in [6, 6.07) is 9.88. The number of rotatable bonds is 7. The van der Waals surface area contributed by atoms with Crippen molar-refractivity contribution in [1.82, 2.24) is 10.2 Å². The first-order chi connectivity index (χ1) is 11.9. The van der Waals surface area contributed by atoms with E-state index < -0.39 is 10.0 Å². The quantitative estimate of drug-likeness (QED) is 0.678. The van der Waals surface area contributed by atoms with E-state index in [1.54, 1.807) is 24.3 Å². The topological polar surface area (TPSA) is 127 Å². The molecule has 1 fully saturated rings. The Labute approximate surface area is 145 Å². The minimum atomic E-state index is -3.66. The summed E-state index contributed by atoms with van der Waals surface area (Å²) < 4.78 is 22.4. The van der Waals surface area contributed by atoms with Gasteiger partial charge in [0.05, 0.1) is 4.90 Å². The van der Waals surface area contributed by atoms with Gasteiger partial charge in [-0.05, 0) is 49.1 Å². The van der Waals surface area contributed by atoms with Crippen LogP contribution in [0.1, 0.15) is 18.4 Å². The zero-order chi connectivity index (χ0) is 17.9. The molecule has 8 nitrogen and oxygen atoms in total. The number of primary sulfonamides is 1. The largest absolute Gasteiger partial charge is 0.368 e. The van der Waals surface area contributed by atoms with Crippen LogP contribution >= 0.6 is 0 Å². The molecule has 1 aliphatic carbocycles. The van der Waals surface area contributed by atoms with Crippen molar-refractivity contribution in [3.05, 3.63) is 42.0 Å². The Morgan fingerprint density at radius 3 is 2.28 bits per heavy atom. The van der Waals surface area contributed by atoms with Gasteiger partial charge < -0.3 is 10.6 Å². The molecule has 0 atom stereocenters. The van der Waals surface area contributed by atoms with E-state index in [-0.39, 0.29) is 16.7 Å². The second kappa shape index (κ2) is 7.16. The molecule has 0 unspecified atom stereocenters. The number of aromatic nitrogens is 2. The van der Waals surface area contributed by atoms with Crippen LogP contribution in [0.2, 0.25) is 0 Å². The van der Waals surface area contributed by atoms with Gasteiger partial charge in [0.2, 0.25) is 15.9 Å². The summed E-state index contributed by atoms with van der Waals surface area (Å²) in [4.78, 5) is 11.7. The number of nitrogens with two attached hydrogens (primary N) is 1. The van der Waals surface area contributed by atoms with Gasteiger partial charge in [-0.1, -0.05) is 12.1 Å². The average molecular weight is 361 g/mol. The number of nitrogens with one attached hydrogen (secondary N) is 2. The third-order valence-electron chi connectivity index (χ3n) is 3.84. The summed E-state index contributed by atoms with van der Waals surface area (Å²) >= 11 is 0. The molecule has 2 aromatic rings. The van der Waals surface area contributed by atoms with Crippen LogP contribution < -0.4 is 15.8 Å². The van der Waals surface area contributed by atoms with Gasteiger partial charge in [0.25, 0.3) is 0 Å². The molecular formula is C16H19N5O3S. The normalized spacial score (nSPS) is 14.1. The SMILES string of the molecule is NS(=O)(=O)c1ccc(CCNc2ccc(NC(=O)C3CC3)nn2)cc1. The smallest absolute Gasteiger partial charge is 0.238 e. The molecule has 1 amide bonds. The number of nitrogens with zero attached hydrogens (tertiary/aromatic N) is 2. The van der Waals surface area contributed by atoms with Crippen LogP contribution in [0.3, 0.4) is 0 Å². The highest BCUT2D eigenvalue weighted by atomic mass is 32.2. The lowest BCUT2D eigenvalue weighted by Crippen LogP contribution is -2.15. The van der Waals surface area contributed by atoms with E-state index in [1.165, 1.54) is 12.1 Å². The molecule has 0 saturated heterocycles. The van der Waals surface area contributed by atoms with E-state index >= 15 is 0 Å². The summed E-state index contributed by atoms with van der Waals surface area (Å²) in [7, 11) is -3.66. The molecule has 0 spiro atoms. The van der Waals surface area contributed by atoms with Gasteiger partial charge in [0.15, 0.2) is 5.82 Å². The lowest BCUT2D eigenvalue weighted by molar-refractivity contribution is -0.117. The maximum absolute atomic E-state index is 11.6. The molecular weight excluding hydrogens is 342 g/mol. The van der Waals surface area contributed by atoms with Gasteiger partial charge in [0, 0.05) is 12.5 Å². The zero-order valence-electron chi connectivity index (χ0n) is 13.5. The lowest BCUT2D eigenvalue weighted by Gasteiger charge is -2.07. The standard InChI is InChI=1S/C16H19N5O3S/c17-25(23,24)13-5-1-11(2-6-13)9-10-18-14-7-8-15(21-20-14)19-16(22)12-3-4-12/h1-2,5-8,12H,3-4,9-10H2,(H,18,20)(H2,17,23,24)(H,19,21,22). The van der Waals surface area contributed by atoms with Crippen molar-refractivity contribution in [2.45, 2.75) is 24.2 Å². The third kappa shape index (κ3) is 4.97. The Bertz CT molecular complexity index is 846. The third-order valence-corrected chi connectivity index (χ3v) is 4.76. The van der Waals surface area contributed by atoms with Gasteiger partial charge in [-0.3, -0.25) is 4.79 Å². The monoisotopic (exact) mass is 361 g/mol. The number of carbonyl (C=O) groups is 1. The average Bonchev–Trinajstić information content (AvgIpc) is 3.41.